The van der Waals surface area contributed by atoms with Crippen molar-refractivity contribution >= 4 is 23.3 Å². The fraction of sp³-hybridized carbons (Fsp3) is 0.818. The molecule has 1 N–H and O–H groups in total. The van der Waals surface area contributed by atoms with Crippen molar-refractivity contribution in [2.75, 3.05) is 39.5 Å². The van der Waals surface area contributed by atoms with Gasteiger partial charge in [0, 0.05) is 18.7 Å². The molecule has 0 unspecified atom stereocenters. The average molecular weight is 274 g/mol. The zero-order valence-corrected chi connectivity index (χ0v) is 12.5. The van der Waals surface area contributed by atoms with Gasteiger partial charge in [-0.25, -0.2) is 4.98 Å². The Balaban J connectivity index is 1.97. The molecule has 0 aliphatic carbocycles. The lowest BCUT2D eigenvalue weighted by Gasteiger charge is -2.09. The highest BCUT2D eigenvalue weighted by atomic mass is 32.2. The lowest BCUT2D eigenvalue weighted by Crippen LogP contribution is -2.23. The predicted octanol–water partition coefficient (Wildman–Crippen LogP) is 1.73. The van der Waals surface area contributed by atoms with E-state index in [-0.39, 0.29) is 0 Å². The Morgan fingerprint density at radius 1 is 1.35 bits per heavy atom. The summed E-state index contributed by atoms with van der Waals surface area (Å²) < 4.78 is 5.36. The monoisotopic (exact) mass is 274 g/mol. The summed E-state index contributed by atoms with van der Waals surface area (Å²) in [5.41, 5.74) is 0. The van der Waals surface area contributed by atoms with E-state index in [1.807, 2.05) is 0 Å². The van der Waals surface area contributed by atoms with Gasteiger partial charge in [-0.15, -0.1) is 0 Å². The summed E-state index contributed by atoms with van der Waals surface area (Å²) in [5.74, 6) is 2.04. The van der Waals surface area contributed by atoms with Gasteiger partial charge in [0.1, 0.15) is 5.82 Å². The van der Waals surface area contributed by atoms with E-state index >= 15 is 0 Å². The van der Waals surface area contributed by atoms with Crippen LogP contribution in [0.1, 0.15) is 19.2 Å². The number of nitrogens with one attached hydrogen (secondary N) is 1. The first-order valence-electron chi connectivity index (χ1n) is 6.03. The molecule has 0 aliphatic heterocycles. The number of aromatic nitrogens is 2. The molecule has 0 atom stereocenters. The molecule has 0 amide bonds. The van der Waals surface area contributed by atoms with Crippen LogP contribution in [0.25, 0.3) is 0 Å². The van der Waals surface area contributed by atoms with E-state index in [9.17, 15) is 0 Å². The van der Waals surface area contributed by atoms with Crippen LogP contribution in [0.3, 0.4) is 0 Å². The van der Waals surface area contributed by atoms with E-state index in [2.05, 4.69) is 40.6 Å². The lowest BCUT2D eigenvalue weighted by atomic mass is 10.4. The Morgan fingerprint density at radius 3 is 2.82 bits per heavy atom. The van der Waals surface area contributed by atoms with E-state index in [1.54, 1.807) is 11.8 Å². The Labute approximate surface area is 112 Å². The van der Waals surface area contributed by atoms with Gasteiger partial charge >= 0.3 is 0 Å². The second-order valence-electron chi connectivity index (χ2n) is 4.09. The van der Waals surface area contributed by atoms with Gasteiger partial charge in [-0.3, -0.25) is 0 Å². The maximum atomic E-state index is 4.42. The van der Waals surface area contributed by atoms with Gasteiger partial charge in [0.05, 0.1) is 0 Å². The number of rotatable bonds is 9. The Hall–Kier alpha value is -0.170. The third-order valence-electron chi connectivity index (χ3n) is 2.23. The van der Waals surface area contributed by atoms with Crippen molar-refractivity contribution in [3.8, 4) is 0 Å². The van der Waals surface area contributed by atoms with Crippen molar-refractivity contribution in [1.29, 1.82) is 0 Å². The molecule has 0 aromatic carbocycles. The number of nitrogens with zero attached hydrogens (tertiary/aromatic N) is 3. The van der Waals surface area contributed by atoms with Crippen LogP contribution in [-0.2, 0) is 6.42 Å². The highest BCUT2D eigenvalue weighted by molar-refractivity contribution is 8.00. The van der Waals surface area contributed by atoms with Crippen molar-refractivity contribution in [3.05, 3.63) is 5.82 Å². The largest absolute Gasteiger partial charge is 0.316 e. The summed E-state index contributed by atoms with van der Waals surface area (Å²) in [4.78, 5) is 6.63. The third-order valence-corrected chi connectivity index (χ3v) is 4.10. The van der Waals surface area contributed by atoms with Crippen LogP contribution in [0.5, 0.6) is 0 Å². The number of thioether (sulfide) groups is 1. The first kappa shape index (κ1) is 14.9. The van der Waals surface area contributed by atoms with Crippen LogP contribution >= 0.6 is 23.3 Å². The molecule has 1 aromatic rings. The van der Waals surface area contributed by atoms with Crippen molar-refractivity contribution < 1.29 is 0 Å². The topological polar surface area (TPSA) is 41.1 Å². The van der Waals surface area contributed by atoms with Crippen molar-refractivity contribution in [2.45, 2.75) is 24.1 Å². The van der Waals surface area contributed by atoms with Crippen LogP contribution < -0.4 is 5.32 Å². The Kier molecular flexibility index (Phi) is 7.75. The summed E-state index contributed by atoms with van der Waals surface area (Å²) in [6, 6.07) is 0. The number of hydrogen-bond acceptors (Lipinski definition) is 6. The molecule has 0 aliphatic rings. The molecule has 1 rings (SSSR count). The Morgan fingerprint density at radius 2 is 2.18 bits per heavy atom. The van der Waals surface area contributed by atoms with Crippen LogP contribution in [0, 0.1) is 0 Å². The zero-order valence-electron chi connectivity index (χ0n) is 10.9. The van der Waals surface area contributed by atoms with Gasteiger partial charge in [0.15, 0.2) is 4.34 Å². The van der Waals surface area contributed by atoms with Crippen LogP contribution in [0.2, 0.25) is 0 Å². The van der Waals surface area contributed by atoms with E-state index in [0.29, 0.717) is 0 Å². The molecule has 6 heteroatoms. The van der Waals surface area contributed by atoms with Crippen LogP contribution in [0.4, 0.5) is 0 Å². The first-order valence-corrected chi connectivity index (χ1v) is 7.79. The summed E-state index contributed by atoms with van der Waals surface area (Å²) >= 11 is 3.31. The van der Waals surface area contributed by atoms with E-state index in [1.165, 1.54) is 18.0 Å². The third kappa shape index (κ3) is 6.98. The first-order chi connectivity index (χ1) is 8.22. The van der Waals surface area contributed by atoms with E-state index in [0.717, 1.165) is 42.0 Å². The summed E-state index contributed by atoms with van der Waals surface area (Å²) in [5, 5.41) is 3.44. The molecule has 4 nitrogen and oxygen atoms in total. The summed E-state index contributed by atoms with van der Waals surface area (Å²) in [7, 11) is 4.22. The highest BCUT2D eigenvalue weighted by Gasteiger charge is 2.01. The molecule has 1 heterocycles. The van der Waals surface area contributed by atoms with Gasteiger partial charge < -0.3 is 10.2 Å². The molecular formula is C11H22N4S2. The second kappa shape index (κ2) is 8.85. The number of aryl methyl sites for hydroxylation is 1. The molecular weight excluding hydrogens is 252 g/mol. The lowest BCUT2D eigenvalue weighted by molar-refractivity contribution is 0.396. The summed E-state index contributed by atoms with van der Waals surface area (Å²) in [6.45, 7) is 5.37. The maximum Gasteiger partial charge on any atom is 0.170 e. The fourth-order valence-electron chi connectivity index (χ4n) is 1.30. The summed E-state index contributed by atoms with van der Waals surface area (Å²) in [6.07, 6.45) is 2.14. The van der Waals surface area contributed by atoms with Gasteiger partial charge in [0.2, 0.25) is 0 Å². The molecule has 1 aromatic heterocycles. The minimum Gasteiger partial charge on any atom is -0.316 e. The molecule has 0 radical (unpaired) electrons. The van der Waals surface area contributed by atoms with Gasteiger partial charge in [0.25, 0.3) is 0 Å². The maximum absolute atomic E-state index is 4.42. The SMILES string of the molecule is CCc1nsc(SCCNCCCN(C)C)n1. The molecule has 0 saturated carbocycles. The van der Waals surface area contributed by atoms with Crippen molar-refractivity contribution in [3.63, 3.8) is 0 Å². The average Bonchev–Trinajstić information content (AvgIpc) is 2.75. The molecule has 98 valence electrons. The van der Waals surface area contributed by atoms with Gasteiger partial charge in [-0.1, -0.05) is 18.7 Å². The van der Waals surface area contributed by atoms with Crippen LogP contribution in [-0.4, -0.2) is 53.7 Å². The molecule has 0 saturated heterocycles. The fourth-order valence-corrected chi connectivity index (χ4v) is 2.96. The number of hydrogen-bond donors (Lipinski definition) is 1. The minimum absolute atomic E-state index is 0.930. The van der Waals surface area contributed by atoms with Gasteiger partial charge in [-0.05, 0) is 45.1 Å². The second-order valence-corrected chi connectivity index (χ2v) is 6.18. The quantitative estimate of drug-likeness (QED) is 0.549. The standard InChI is InChI=1S/C11H22N4S2/c1-4-10-13-11(17-14-10)16-9-7-12-6-5-8-15(2)3/h12H,4-9H2,1-3H3. The smallest absolute Gasteiger partial charge is 0.170 e. The van der Waals surface area contributed by atoms with Crippen LogP contribution in [0.15, 0.2) is 4.34 Å². The van der Waals surface area contributed by atoms with Crippen molar-refractivity contribution in [1.82, 2.24) is 19.6 Å². The van der Waals surface area contributed by atoms with E-state index < -0.39 is 0 Å². The van der Waals surface area contributed by atoms with E-state index in [4.69, 9.17) is 0 Å². The Bertz CT molecular complexity index is 301. The zero-order chi connectivity index (χ0) is 12.5. The molecule has 0 spiro atoms. The normalized spacial score (nSPS) is 11.3. The molecule has 0 bridgehead atoms. The molecule has 0 fully saturated rings. The van der Waals surface area contributed by atoms with Crippen molar-refractivity contribution in [2.24, 2.45) is 0 Å². The minimum atomic E-state index is 0.930. The predicted molar refractivity (Wildman–Crippen MR) is 76.1 cm³/mol. The van der Waals surface area contributed by atoms with Gasteiger partial charge in [-0.2, -0.15) is 4.37 Å². The molecule has 17 heavy (non-hydrogen) atoms. The highest BCUT2D eigenvalue weighted by Crippen LogP contribution is 2.19.